The zero-order chi connectivity index (χ0) is 13.7. The Kier molecular flexibility index (Phi) is 5.20. The van der Waals surface area contributed by atoms with Crippen LogP contribution in [0.5, 0.6) is 0 Å². The minimum absolute atomic E-state index is 0.256. The van der Waals surface area contributed by atoms with Crippen molar-refractivity contribution < 1.29 is 0 Å². The lowest BCUT2D eigenvalue weighted by Gasteiger charge is -2.36. The van der Waals surface area contributed by atoms with E-state index in [0.717, 1.165) is 25.2 Å². The number of rotatable bonds is 5. The van der Waals surface area contributed by atoms with Gasteiger partial charge in [0.05, 0.1) is 0 Å². The average Bonchev–Trinajstić information content (AvgIpc) is 2.48. The van der Waals surface area contributed by atoms with E-state index in [4.69, 9.17) is 5.73 Å². The van der Waals surface area contributed by atoms with E-state index in [0.29, 0.717) is 6.04 Å². The molecular weight excluding hydrogens is 234 g/mol. The molecule has 106 valence electrons. The summed E-state index contributed by atoms with van der Waals surface area (Å²) < 4.78 is 0. The summed E-state index contributed by atoms with van der Waals surface area (Å²) in [5.74, 6) is 1.14. The minimum Gasteiger partial charge on any atom is -0.354 e. The summed E-state index contributed by atoms with van der Waals surface area (Å²) in [4.78, 5) is 7.14. The third-order valence-electron chi connectivity index (χ3n) is 4.22. The van der Waals surface area contributed by atoms with E-state index < -0.39 is 0 Å². The lowest BCUT2D eigenvalue weighted by molar-refractivity contribution is 0.447. The molecule has 2 unspecified atom stereocenters. The van der Waals surface area contributed by atoms with E-state index in [-0.39, 0.29) is 6.04 Å². The number of hydrogen-bond acceptors (Lipinski definition) is 3. The third kappa shape index (κ3) is 3.69. The van der Waals surface area contributed by atoms with E-state index in [1.165, 1.54) is 31.2 Å². The summed E-state index contributed by atoms with van der Waals surface area (Å²) in [6, 6.07) is 5.29. The number of hydrogen-bond donors (Lipinski definition) is 1. The minimum atomic E-state index is 0.256. The standard InChI is InChI=1S/C16H27N3/c1-3-14(17)11-13-8-9-16(18-12-13)19-10-6-5-7-15(19)4-2/h8-9,12,14-15H,3-7,10-11,17H2,1-2H3. The Balaban J connectivity index is 2.04. The molecule has 0 aliphatic carbocycles. The summed E-state index contributed by atoms with van der Waals surface area (Å²) in [7, 11) is 0. The molecule has 2 atom stereocenters. The van der Waals surface area contributed by atoms with E-state index in [2.05, 4.69) is 35.9 Å². The molecule has 1 aliphatic rings. The monoisotopic (exact) mass is 261 g/mol. The molecule has 1 aromatic rings. The van der Waals surface area contributed by atoms with E-state index in [1.807, 2.05) is 6.20 Å². The molecule has 2 heterocycles. The van der Waals surface area contributed by atoms with Crippen LogP contribution >= 0.6 is 0 Å². The van der Waals surface area contributed by atoms with Crippen molar-refractivity contribution in [2.24, 2.45) is 5.73 Å². The van der Waals surface area contributed by atoms with Crippen LogP contribution in [0.4, 0.5) is 5.82 Å². The van der Waals surface area contributed by atoms with Gasteiger partial charge in [0, 0.05) is 24.8 Å². The Morgan fingerprint density at radius 2 is 2.21 bits per heavy atom. The first-order valence-corrected chi connectivity index (χ1v) is 7.71. The average molecular weight is 261 g/mol. The van der Waals surface area contributed by atoms with E-state index in [9.17, 15) is 0 Å². The van der Waals surface area contributed by atoms with Gasteiger partial charge < -0.3 is 10.6 Å². The fourth-order valence-electron chi connectivity index (χ4n) is 2.88. The van der Waals surface area contributed by atoms with Crippen LogP contribution in [0.15, 0.2) is 18.3 Å². The SMILES string of the molecule is CCC(N)Cc1ccc(N2CCCCC2CC)nc1. The highest BCUT2D eigenvalue weighted by molar-refractivity contribution is 5.41. The highest BCUT2D eigenvalue weighted by Crippen LogP contribution is 2.25. The largest absolute Gasteiger partial charge is 0.354 e. The molecule has 3 heteroatoms. The van der Waals surface area contributed by atoms with Crippen molar-refractivity contribution >= 4 is 5.82 Å². The summed E-state index contributed by atoms with van der Waals surface area (Å²) in [6.07, 6.45) is 9.13. The number of nitrogens with two attached hydrogens (primary N) is 1. The molecule has 0 aromatic carbocycles. The second-order valence-electron chi connectivity index (χ2n) is 5.65. The number of pyridine rings is 1. The first-order valence-electron chi connectivity index (χ1n) is 7.71. The molecule has 2 N–H and O–H groups in total. The van der Waals surface area contributed by atoms with Crippen LogP contribution < -0.4 is 10.6 Å². The molecule has 0 bridgehead atoms. The number of aromatic nitrogens is 1. The Hall–Kier alpha value is -1.09. The normalized spacial score (nSPS) is 21.4. The van der Waals surface area contributed by atoms with Crippen LogP contribution in [-0.4, -0.2) is 23.6 Å². The van der Waals surface area contributed by atoms with Gasteiger partial charge in [-0.1, -0.05) is 19.9 Å². The van der Waals surface area contributed by atoms with Crippen molar-refractivity contribution in [1.82, 2.24) is 4.98 Å². The van der Waals surface area contributed by atoms with Crippen LogP contribution in [0.2, 0.25) is 0 Å². The van der Waals surface area contributed by atoms with Gasteiger partial charge in [-0.15, -0.1) is 0 Å². The molecule has 0 amide bonds. The van der Waals surface area contributed by atoms with Crippen molar-refractivity contribution in [3.63, 3.8) is 0 Å². The summed E-state index contributed by atoms with van der Waals surface area (Å²) in [6.45, 7) is 5.56. The van der Waals surface area contributed by atoms with Crippen LogP contribution in [-0.2, 0) is 6.42 Å². The van der Waals surface area contributed by atoms with Crippen LogP contribution in [0.1, 0.15) is 51.5 Å². The Labute approximate surface area is 117 Å². The van der Waals surface area contributed by atoms with Gasteiger partial charge in [0.2, 0.25) is 0 Å². The first kappa shape index (κ1) is 14.3. The number of piperidine rings is 1. The molecular formula is C16H27N3. The van der Waals surface area contributed by atoms with Crippen molar-refractivity contribution in [2.75, 3.05) is 11.4 Å². The van der Waals surface area contributed by atoms with Gasteiger partial charge in [-0.25, -0.2) is 4.98 Å². The Morgan fingerprint density at radius 1 is 1.37 bits per heavy atom. The molecule has 0 radical (unpaired) electrons. The lowest BCUT2D eigenvalue weighted by Crippen LogP contribution is -2.39. The van der Waals surface area contributed by atoms with Crippen LogP contribution in [0, 0.1) is 0 Å². The Bertz CT molecular complexity index is 374. The van der Waals surface area contributed by atoms with Crippen molar-refractivity contribution in [3.8, 4) is 0 Å². The molecule has 3 nitrogen and oxygen atoms in total. The fraction of sp³-hybridized carbons (Fsp3) is 0.688. The highest BCUT2D eigenvalue weighted by Gasteiger charge is 2.21. The molecule has 1 fully saturated rings. The lowest BCUT2D eigenvalue weighted by atomic mass is 10.00. The molecule has 1 aromatic heterocycles. The van der Waals surface area contributed by atoms with Gasteiger partial charge in [0.1, 0.15) is 5.82 Å². The quantitative estimate of drug-likeness (QED) is 0.885. The second-order valence-corrected chi connectivity index (χ2v) is 5.65. The number of anilines is 1. The zero-order valence-corrected chi connectivity index (χ0v) is 12.3. The van der Waals surface area contributed by atoms with Gasteiger partial charge in [-0.2, -0.15) is 0 Å². The molecule has 0 spiro atoms. The second kappa shape index (κ2) is 6.90. The van der Waals surface area contributed by atoms with Crippen molar-refractivity contribution in [2.45, 2.75) is 64.5 Å². The molecule has 0 saturated carbocycles. The highest BCUT2D eigenvalue weighted by atomic mass is 15.2. The van der Waals surface area contributed by atoms with Crippen molar-refractivity contribution in [1.29, 1.82) is 0 Å². The van der Waals surface area contributed by atoms with Gasteiger partial charge in [-0.3, -0.25) is 0 Å². The fourth-order valence-corrected chi connectivity index (χ4v) is 2.88. The van der Waals surface area contributed by atoms with Gasteiger partial charge in [0.25, 0.3) is 0 Å². The van der Waals surface area contributed by atoms with Gasteiger partial charge >= 0.3 is 0 Å². The smallest absolute Gasteiger partial charge is 0.128 e. The zero-order valence-electron chi connectivity index (χ0n) is 12.3. The van der Waals surface area contributed by atoms with Gasteiger partial charge in [0.15, 0.2) is 0 Å². The predicted molar refractivity (Wildman–Crippen MR) is 81.5 cm³/mol. The topological polar surface area (TPSA) is 42.1 Å². The van der Waals surface area contributed by atoms with Gasteiger partial charge in [-0.05, 0) is 50.2 Å². The van der Waals surface area contributed by atoms with E-state index >= 15 is 0 Å². The first-order chi connectivity index (χ1) is 9.24. The summed E-state index contributed by atoms with van der Waals surface area (Å²) in [5.41, 5.74) is 7.24. The summed E-state index contributed by atoms with van der Waals surface area (Å²) in [5, 5.41) is 0. The Morgan fingerprint density at radius 3 is 2.84 bits per heavy atom. The van der Waals surface area contributed by atoms with Crippen LogP contribution in [0.3, 0.4) is 0 Å². The van der Waals surface area contributed by atoms with E-state index in [1.54, 1.807) is 0 Å². The van der Waals surface area contributed by atoms with Crippen molar-refractivity contribution in [3.05, 3.63) is 23.9 Å². The molecule has 2 rings (SSSR count). The van der Waals surface area contributed by atoms with Crippen LogP contribution in [0.25, 0.3) is 0 Å². The maximum atomic E-state index is 5.99. The predicted octanol–water partition coefficient (Wildman–Crippen LogP) is 3.13. The number of nitrogens with zero attached hydrogens (tertiary/aromatic N) is 2. The molecule has 19 heavy (non-hydrogen) atoms. The maximum absolute atomic E-state index is 5.99. The summed E-state index contributed by atoms with van der Waals surface area (Å²) >= 11 is 0. The molecule has 1 saturated heterocycles. The third-order valence-corrected chi connectivity index (χ3v) is 4.22. The molecule has 1 aliphatic heterocycles. The maximum Gasteiger partial charge on any atom is 0.128 e.